The second-order valence-corrected chi connectivity index (χ2v) is 5.09. The highest BCUT2D eigenvalue weighted by Crippen LogP contribution is 2.01. The maximum absolute atomic E-state index is 11.5. The Kier molecular flexibility index (Phi) is 8.22. The number of carbonyl (C=O) groups excluding carboxylic acids is 2. The molecule has 0 amide bonds. The molecule has 1 heterocycles. The van der Waals surface area contributed by atoms with Crippen LogP contribution in [0.25, 0.3) is 0 Å². The van der Waals surface area contributed by atoms with Gasteiger partial charge in [0, 0.05) is 39.1 Å². The summed E-state index contributed by atoms with van der Waals surface area (Å²) in [6, 6.07) is 0. The van der Waals surface area contributed by atoms with Crippen LogP contribution >= 0.6 is 0 Å². The minimum atomic E-state index is -0.235. The van der Waals surface area contributed by atoms with Gasteiger partial charge >= 0.3 is 11.9 Å². The van der Waals surface area contributed by atoms with Crippen molar-refractivity contribution >= 4 is 11.9 Å². The average molecular weight is 286 g/mol. The number of esters is 2. The Morgan fingerprint density at radius 1 is 0.950 bits per heavy atom. The van der Waals surface area contributed by atoms with Crippen LogP contribution in [0.5, 0.6) is 0 Å². The van der Waals surface area contributed by atoms with Crippen molar-refractivity contribution in [3.05, 3.63) is 0 Å². The van der Waals surface area contributed by atoms with Gasteiger partial charge in [0.25, 0.3) is 0 Å². The predicted molar refractivity (Wildman–Crippen MR) is 75.4 cm³/mol. The SMILES string of the molecule is CCCC(=O)OCCOC(=O)CCN1CCN(C)CC1. The molecule has 0 aromatic heterocycles. The lowest BCUT2D eigenvalue weighted by atomic mass is 10.3. The Morgan fingerprint density at radius 3 is 2.05 bits per heavy atom. The Bertz CT molecular complexity index is 302. The number of carbonyl (C=O) groups is 2. The number of piperazine rings is 1. The molecule has 1 aliphatic rings. The normalized spacial score (nSPS) is 16.9. The first-order valence-corrected chi connectivity index (χ1v) is 7.34. The molecule has 0 bridgehead atoms. The molecule has 1 rings (SSSR count). The van der Waals surface area contributed by atoms with Gasteiger partial charge in [0.2, 0.25) is 0 Å². The van der Waals surface area contributed by atoms with E-state index in [4.69, 9.17) is 9.47 Å². The Labute approximate surface area is 121 Å². The standard InChI is InChI=1S/C14H26N2O4/c1-3-4-13(17)19-11-12-20-14(18)5-6-16-9-7-15(2)8-10-16/h3-12H2,1-2H3. The largest absolute Gasteiger partial charge is 0.462 e. The fraction of sp³-hybridized carbons (Fsp3) is 0.857. The molecule has 20 heavy (non-hydrogen) atoms. The molecule has 6 nitrogen and oxygen atoms in total. The molecule has 1 aliphatic heterocycles. The summed E-state index contributed by atoms with van der Waals surface area (Å²) in [6.45, 7) is 7.04. The molecule has 0 spiro atoms. The molecule has 0 aliphatic carbocycles. The summed E-state index contributed by atoms with van der Waals surface area (Å²) in [6.07, 6.45) is 1.58. The zero-order valence-electron chi connectivity index (χ0n) is 12.6. The topological polar surface area (TPSA) is 59.1 Å². The second kappa shape index (κ2) is 9.72. The molecule has 6 heteroatoms. The average Bonchev–Trinajstić information content (AvgIpc) is 2.43. The minimum absolute atomic E-state index is 0.150. The van der Waals surface area contributed by atoms with E-state index in [1.54, 1.807) is 0 Å². The number of hydrogen-bond donors (Lipinski definition) is 0. The maximum atomic E-state index is 11.5. The monoisotopic (exact) mass is 286 g/mol. The molecule has 0 atom stereocenters. The third kappa shape index (κ3) is 7.45. The lowest BCUT2D eigenvalue weighted by molar-refractivity contribution is -0.152. The van der Waals surface area contributed by atoms with Crippen LogP contribution in [0.4, 0.5) is 0 Å². The van der Waals surface area contributed by atoms with Crippen molar-refractivity contribution in [2.45, 2.75) is 26.2 Å². The third-order valence-electron chi connectivity index (χ3n) is 3.29. The molecule has 0 aromatic carbocycles. The molecular weight excluding hydrogens is 260 g/mol. The van der Waals surface area contributed by atoms with Gasteiger partial charge in [-0.15, -0.1) is 0 Å². The summed E-state index contributed by atoms with van der Waals surface area (Å²) in [5.41, 5.74) is 0. The Morgan fingerprint density at radius 2 is 1.50 bits per heavy atom. The molecule has 116 valence electrons. The Hall–Kier alpha value is -1.14. The van der Waals surface area contributed by atoms with Crippen molar-refractivity contribution in [2.24, 2.45) is 0 Å². The molecule has 0 radical (unpaired) electrons. The van der Waals surface area contributed by atoms with Crippen LogP contribution in [0.15, 0.2) is 0 Å². The number of likely N-dealkylation sites (N-methyl/N-ethyl adjacent to an activating group) is 1. The van der Waals surface area contributed by atoms with Gasteiger partial charge in [0.1, 0.15) is 13.2 Å². The molecule has 0 N–H and O–H groups in total. The minimum Gasteiger partial charge on any atom is -0.462 e. The lowest BCUT2D eigenvalue weighted by Crippen LogP contribution is -2.45. The number of rotatable bonds is 8. The molecule has 1 saturated heterocycles. The number of nitrogens with zero attached hydrogens (tertiary/aromatic N) is 2. The molecule has 1 fully saturated rings. The molecular formula is C14H26N2O4. The fourth-order valence-corrected chi connectivity index (χ4v) is 1.98. The van der Waals surface area contributed by atoms with Crippen LogP contribution < -0.4 is 0 Å². The van der Waals surface area contributed by atoms with E-state index in [0.29, 0.717) is 12.8 Å². The van der Waals surface area contributed by atoms with Gasteiger partial charge < -0.3 is 19.3 Å². The van der Waals surface area contributed by atoms with Gasteiger partial charge in [-0.25, -0.2) is 0 Å². The first-order valence-electron chi connectivity index (χ1n) is 7.34. The number of hydrogen-bond acceptors (Lipinski definition) is 6. The van der Waals surface area contributed by atoms with E-state index in [-0.39, 0.29) is 25.2 Å². The van der Waals surface area contributed by atoms with Crippen molar-refractivity contribution in [3.63, 3.8) is 0 Å². The first-order chi connectivity index (χ1) is 9.61. The zero-order chi connectivity index (χ0) is 14.8. The summed E-state index contributed by atoms with van der Waals surface area (Å²) in [7, 11) is 2.10. The van der Waals surface area contributed by atoms with Gasteiger partial charge in [-0.1, -0.05) is 6.92 Å². The van der Waals surface area contributed by atoms with Crippen LogP contribution in [-0.2, 0) is 19.1 Å². The Balaban J connectivity index is 1.99. The van der Waals surface area contributed by atoms with Crippen molar-refractivity contribution < 1.29 is 19.1 Å². The van der Waals surface area contributed by atoms with Crippen LogP contribution in [0.2, 0.25) is 0 Å². The van der Waals surface area contributed by atoms with Gasteiger partial charge in [0.15, 0.2) is 0 Å². The second-order valence-electron chi connectivity index (χ2n) is 5.09. The third-order valence-corrected chi connectivity index (χ3v) is 3.29. The lowest BCUT2D eigenvalue weighted by Gasteiger charge is -2.31. The summed E-state index contributed by atoms with van der Waals surface area (Å²) in [4.78, 5) is 27.1. The van der Waals surface area contributed by atoms with Gasteiger partial charge in [-0.05, 0) is 13.5 Å². The quantitative estimate of drug-likeness (QED) is 0.479. The summed E-state index contributed by atoms with van der Waals surface area (Å²) in [5.74, 6) is -0.462. The highest BCUT2D eigenvalue weighted by molar-refractivity contribution is 5.70. The van der Waals surface area contributed by atoms with Crippen molar-refractivity contribution in [2.75, 3.05) is 53.0 Å². The van der Waals surface area contributed by atoms with Crippen molar-refractivity contribution in [3.8, 4) is 0 Å². The van der Waals surface area contributed by atoms with Gasteiger partial charge in [-0.2, -0.15) is 0 Å². The van der Waals surface area contributed by atoms with Crippen LogP contribution in [0.3, 0.4) is 0 Å². The predicted octanol–water partition coefficient (Wildman–Crippen LogP) is 0.510. The van der Waals surface area contributed by atoms with Crippen LogP contribution in [0.1, 0.15) is 26.2 Å². The molecule has 0 unspecified atom stereocenters. The highest BCUT2D eigenvalue weighted by Gasteiger charge is 2.15. The van der Waals surface area contributed by atoms with Gasteiger partial charge in [-0.3, -0.25) is 9.59 Å². The van der Waals surface area contributed by atoms with E-state index >= 15 is 0 Å². The first kappa shape index (κ1) is 16.9. The molecule has 0 aromatic rings. The van der Waals surface area contributed by atoms with E-state index in [1.165, 1.54) is 0 Å². The smallest absolute Gasteiger partial charge is 0.307 e. The maximum Gasteiger partial charge on any atom is 0.307 e. The summed E-state index contributed by atoms with van der Waals surface area (Å²) < 4.78 is 9.94. The van der Waals surface area contributed by atoms with E-state index in [2.05, 4.69) is 16.8 Å². The zero-order valence-corrected chi connectivity index (χ0v) is 12.6. The van der Waals surface area contributed by atoms with Crippen LogP contribution in [0, 0.1) is 0 Å². The van der Waals surface area contributed by atoms with E-state index in [1.807, 2.05) is 6.92 Å². The fourth-order valence-electron chi connectivity index (χ4n) is 1.98. The van der Waals surface area contributed by atoms with Crippen molar-refractivity contribution in [1.82, 2.24) is 9.80 Å². The number of ether oxygens (including phenoxy) is 2. The van der Waals surface area contributed by atoms with E-state index < -0.39 is 0 Å². The summed E-state index contributed by atoms with van der Waals surface area (Å²) in [5, 5.41) is 0. The summed E-state index contributed by atoms with van der Waals surface area (Å²) >= 11 is 0. The van der Waals surface area contributed by atoms with Crippen LogP contribution in [-0.4, -0.2) is 74.7 Å². The van der Waals surface area contributed by atoms with Crippen molar-refractivity contribution in [1.29, 1.82) is 0 Å². The van der Waals surface area contributed by atoms with Gasteiger partial charge in [0.05, 0.1) is 6.42 Å². The van der Waals surface area contributed by atoms with E-state index in [0.717, 1.165) is 39.1 Å². The highest BCUT2D eigenvalue weighted by atomic mass is 16.6. The molecule has 0 saturated carbocycles. The van der Waals surface area contributed by atoms with E-state index in [9.17, 15) is 9.59 Å².